The zero-order valence-electron chi connectivity index (χ0n) is 14.7. The van der Waals surface area contributed by atoms with Gasteiger partial charge in [-0.2, -0.15) is 5.26 Å². The Labute approximate surface area is 153 Å². The molecule has 26 heavy (non-hydrogen) atoms. The third-order valence-electron chi connectivity index (χ3n) is 5.52. The van der Waals surface area contributed by atoms with Crippen LogP contribution in [0.1, 0.15) is 18.4 Å². The topological polar surface area (TPSA) is 65.4 Å². The maximum Gasteiger partial charge on any atom is 0.247 e. The first kappa shape index (κ1) is 16.5. The standard InChI is InChI=1S/C21H21N3O2/c1-26-17-8-4-7-16(12-17)23-20(25)21(14-22)13-15-6-2-3-9-18(15)24-11-5-10-19(21)24/h2-4,6-9,12,19H,5,10-11,13H2,1H3,(H,23,25). The number of hydrogen-bond acceptors (Lipinski definition) is 4. The molecule has 2 aliphatic rings. The van der Waals surface area contributed by atoms with E-state index in [0.29, 0.717) is 17.9 Å². The summed E-state index contributed by atoms with van der Waals surface area (Å²) in [6.07, 6.45) is 2.29. The van der Waals surface area contributed by atoms with E-state index in [-0.39, 0.29) is 11.9 Å². The Bertz CT molecular complexity index is 889. The zero-order chi connectivity index (χ0) is 18.1. The summed E-state index contributed by atoms with van der Waals surface area (Å²) in [6.45, 7) is 0.886. The average Bonchev–Trinajstić information content (AvgIpc) is 3.18. The predicted octanol–water partition coefficient (Wildman–Crippen LogP) is 3.37. The van der Waals surface area contributed by atoms with E-state index in [2.05, 4.69) is 22.4 Å². The van der Waals surface area contributed by atoms with Gasteiger partial charge >= 0.3 is 0 Å². The molecular weight excluding hydrogens is 326 g/mol. The Morgan fingerprint density at radius 2 is 2.15 bits per heavy atom. The van der Waals surface area contributed by atoms with E-state index in [0.717, 1.165) is 30.6 Å². The van der Waals surface area contributed by atoms with Crippen molar-refractivity contribution in [3.8, 4) is 11.8 Å². The van der Waals surface area contributed by atoms with Gasteiger partial charge in [-0.1, -0.05) is 24.3 Å². The fourth-order valence-electron chi connectivity index (χ4n) is 4.27. The number of carbonyl (C=O) groups excluding carboxylic acids is 1. The van der Waals surface area contributed by atoms with Gasteiger partial charge in [-0.15, -0.1) is 0 Å². The lowest BCUT2D eigenvalue weighted by Crippen LogP contribution is -2.55. The van der Waals surface area contributed by atoms with Gasteiger partial charge in [-0.05, 0) is 36.6 Å². The second-order valence-corrected chi connectivity index (χ2v) is 6.93. The van der Waals surface area contributed by atoms with Crippen LogP contribution >= 0.6 is 0 Å². The number of anilines is 2. The summed E-state index contributed by atoms with van der Waals surface area (Å²) in [4.78, 5) is 15.5. The van der Waals surface area contributed by atoms with E-state index in [1.807, 2.05) is 36.4 Å². The Morgan fingerprint density at radius 1 is 1.31 bits per heavy atom. The molecule has 1 fully saturated rings. The molecule has 1 amide bonds. The number of para-hydroxylation sites is 1. The highest BCUT2D eigenvalue weighted by Crippen LogP contribution is 2.46. The number of nitriles is 1. The number of rotatable bonds is 3. The molecule has 0 aliphatic carbocycles. The van der Waals surface area contributed by atoms with Crippen molar-refractivity contribution in [1.29, 1.82) is 5.26 Å². The number of ether oxygens (including phenoxy) is 1. The molecule has 132 valence electrons. The van der Waals surface area contributed by atoms with Crippen LogP contribution in [0.4, 0.5) is 11.4 Å². The molecule has 2 aliphatic heterocycles. The molecule has 0 saturated carbocycles. The lowest BCUT2D eigenvalue weighted by atomic mass is 9.71. The molecule has 5 heteroatoms. The summed E-state index contributed by atoms with van der Waals surface area (Å²) in [5.41, 5.74) is 1.78. The minimum Gasteiger partial charge on any atom is -0.497 e. The second kappa shape index (κ2) is 6.38. The largest absolute Gasteiger partial charge is 0.497 e. The van der Waals surface area contributed by atoms with Crippen molar-refractivity contribution in [1.82, 2.24) is 0 Å². The quantitative estimate of drug-likeness (QED) is 0.924. The Hall–Kier alpha value is -3.00. The van der Waals surface area contributed by atoms with Crippen molar-refractivity contribution in [2.75, 3.05) is 23.9 Å². The Kier molecular flexibility index (Phi) is 4.04. The Morgan fingerprint density at radius 3 is 2.96 bits per heavy atom. The van der Waals surface area contributed by atoms with E-state index >= 15 is 0 Å². The summed E-state index contributed by atoms with van der Waals surface area (Å²) < 4.78 is 5.22. The molecule has 1 N–H and O–H groups in total. The number of fused-ring (bicyclic) bond motifs is 3. The van der Waals surface area contributed by atoms with E-state index in [4.69, 9.17) is 4.74 Å². The molecule has 2 aromatic rings. The van der Waals surface area contributed by atoms with Gasteiger partial charge in [0, 0.05) is 30.4 Å². The van der Waals surface area contributed by atoms with Crippen molar-refractivity contribution >= 4 is 17.3 Å². The van der Waals surface area contributed by atoms with Crippen molar-refractivity contribution in [2.24, 2.45) is 5.41 Å². The van der Waals surface area contributed by atoms with Gasteiger partial charge < -0.3 is 15.0 Å². The number of benzene rings is 2. The van der Waals surface area contributed by atoms with Gasteiger partial charge in [-0.25, -0.2) is 0 Å². The van der Waals surface area contributed by atoms with Gasteiger partial charge in [0.15, 0.2) is 5.41 Å². The van der Waals surface area contributed by atoms with Crippen LogP contribution in [0.25, 0.3) is 0 Å². The fraction of sp³-hybridized carbons (Fsp3) is 0.333. The van der Waals surface area contributed by atoms with E-state index < -0.39 is 5.41 Å². The molecule has 2 unspecified atom stereocenters. The minimum atomic E-state index is -1.09. The van der Waals surface area contributed by atoms with Crippen LogP contribution in [0.15, 0.2) is 48.5 Å². The van der Waals surface area contributed by atoms with Crippen molar-refractivity contribution in [3.05, 3.63) is 54.1 Å². The van der Waals surface area contributed by atoms with Crippen LogP contribution in [0.5, 0.6) is 5.75 Å². The highest BCUT2D eigenvalue weighted by Gasteiger charge is 2.53. The summed E-state index contributed by atoms with van der Waals surface area (Å²) in [7, 11) is 1.59. The highest BCUT2D eigenvalue weighted by molar-refractivity contribution is 5.99. The fourth-order valence-corrected chi connectivity index (χ4v) is 4.27. The number of amides is 1. The SMILES string of the molecule is COc1cccc(NC(=O)C2(C#N)Cc3ccccc3N3CCCC32)c1. The molecule has 5 nitrogen and oxygen atoms in total. The van der Waals surface area contributed by atoms with E-state index in [1.54, 1.807) is 13.2 Å². The summed E-state index contributed by atoms with van der Waals surface area (Å²) in [5, 5.41) is 13.1. The molecule has 1 saturated heterocycles. The van der Waals surface area contributed by atoms with Gasteiger partial charge in [0.2, 0.25) is 5.91 Å². The molecule has 0 spiro atoms. The molecule has 0 bridgehead atoms. The summed E-state index contributed by atoms with van der Waals surface area (Å²) in [5.74, 6) is 0.435. The van der Waals surface area contributed by atoms with Crippen molar-refractivity contribution in [3.63, 3.8) is 0 Å². The van der Waals surface area contributed by atoms with Gasteiger partial charge in [0.1, 0.15) is 5.75 Å². The Balaban J connectivity index is 1.70. The number of methoxy groups -OCH3 is 1. The predicted molar refractivity (Wildman–Crippen MR) is 100 cm³/mol. The molecule has 2 heterocycles. The van der Waals surface area contributed by atoms with Gasteiger partial charge in [0.05, 0.1) is 19.2 Å². The lowest BCUT2D eigenvalue weighted by molar-refractivity contribution is -0.123. The summed E-state index contributed by atoms with van der Waals surface area (Å²) >= 11 is 0. The van der Waals surface area contributed by atoms with Crippen LogP contribution in [-0.2, 0) is 11.2 Å². The monoisotopic (exact) mass is 347 g/mol. The smallest absolute Gasteiger partial charge is 0.247 e. The highest BCUT2D eigenvalue weighted by atomic mass is 16.5. The van der Waals surface area contributed by atoms with Gasteiger partial charge in [0.25, 0.3) is 0 Å². The molecule has 0 radical (unpaired) electrons. The number of hydrogen-bond donors (Lipinski definition) is 1. The van der Waals surface area contributed by atoms with Crippen LogP contribution in [0.3, 0.4) is 0 Å². The van der Waals surface area contributed by atoms with Crippen molar-refractivity contribution < 1.29 is 9.53 Å². The normalized spacial score (nSPS) is 23.5. The number of nitrogens with one attached hydrogen (secondary N) is 1. The molecule has 2 aromatic carbocycles. The first-order valence-electron chi connectivity index (χ1n) is 8.89. The summed E-state index contributed by atoms with van der Waals surface area (Å²) in [6, 6.07) is 17.6. The van der Waals surface area contributed by atoms with E-state index in [1.165, 1.54) is 0 Å². The van der Waals surface area contributed by atoms with Crippen molar-refractivity contribution in [2.45, 2.75) is 25.3 Å². The molecule has 0 aromatic heterocycles. The lowest BCUT2D eigenvalue weighted by Gasteiger charge is -2.43. The first-order chi connectivity index (χ1) is 12.7. The van der Waals surface area contributed by atoms with Gasteiger partial charge in [-0.3, -0.25) is 4.79 Å². The minimum absolute atomic E-state index is 0.0898. The maximum absolute atomic E-state index is 13.3. The second-order valence-electron chi connectivity index (χ2n) is 6.93. The molecular formula is C21H21N3O2. The number of carbonyl (C=O) groups is 1. The third kappa shape index (κ3) is 2.50. The van der Waals surface area contributed by atoms with Crippen LogP contribution < -0.4 is 15.0 Å². The first-order valence-corrected chi connectivity index (χ1v) is 8.89. The van der Waals surface area contributed by atoms with Crippen LogP contribution in [0, 0.1) is 16.7 Å². The molecule has 2 atom stereocenters. The van der Waals surface area contributed by atoms with Crippen LogP contribution in [0.2, 0.25) is 0 Å². The zero-order valence-corrected chi connectivity index (χ0v) is 14.7. The maximum atomic E-state index is 13.3. The van der Waals surface area contributed by atoms with Crippen LogP contribution in [-0.4, -0.2) is 25.6 Å². The average molecular weight is 347 g/mol. The third-order valence-corrected chi connectivity index (χ3v) is 5.52. The molecule has 4 rings (SSSR count). The number of nitrogens with zero attached hydrogens (tertiary/aromatic N) is 2. The van der Waals surface area contributed by atoms with E-state index in [9.17, 15) is 10.1 Å².